The van der Waals surface area contributed by atoms with E-state index in [1.807, 2.05) is 24.3 Å². The van der Waals surface area contributed by atoms with Gasteiger partial charge >= 0.3 is 0 Å². The molecule has 2 nitrogen and oxygen atoms in total. The first-order valence-electron chi connectivity index (χ1n) is 8.30. The van der Waals surface area contributed by atoms with Gasteiger partial charge in [-0.3, -0.25) is 0 Å². The molecule has 0 aliphatic heterocycles. The topological polar surface area (TPSA) is 40.5 Å². The van der Waals surface area contributed by atoms with Crippen molar-refractivity contribution in [3.8, 4) is 11.5 Å². The maximum atomic E-state index is 9.57. The summed E-state index contributed by atoms with van der Waals surface area (Å²) in [5.41, 5.74) is 2.70. The van der Waals surface area contributed by atoms with Crippen molar-refractivity contribution >= 4 is 0 Å². The normalized spacial score (nSPS) is 20.5. The van der Waals surface area contributed by atoms with Crippen LogP contribution in [-0.4, -0.2) is 10.2 Å². The predicted molar refractivity (Wildman–Crippen MR) is 87.1 cm³/mol. The molecule has 22 heavy (non-hydrogen) atoms. The van der Waals surface area contributed by atoms with Crippen molar-refractivity contribution in [3.63, 3.8) is 0 Å². The molecule has 0 bridgehead atoms. The third-order valence-corrected chi connectivity index (χ3v) is 5.20. The van der Waals surface area contributed by atoms with E-state index in [1.165, 1.54) is 36.8 Å². The Morgan fingerprint density at radius 3 is 1.18 bits per heavy atom. The van der Waals surface area contributed by atoms with E-state index in [0.717, 1.165) is 11.8 Å². The highest BCUT2D eigenvalue weighted by atomic mass is 16.3. The van der Waals surface area contributed by atoms with Gasteiger partial charge in [0.05, 0.1) is 0 Å². The summed E-state index contributed by atoms with van der Waals surface area (Å²) in [5, 5.41) is 19.1. The fourth-order valence-electron chi connectivity index (χ4n) is 3.85. The second-order valence-corrected chi connectivity index (χ2v) is 6.91. The summed E-state index contributed by atoms with van der Waals surface area (Å²) in [4.78, 5) is 0. The Balaban J connectivity index is 1.72. The minimum Gasteiger partial charge on any atom is -0.508 e. The lowest BCUT2D eigenvalue weighted by Gasteiger charge is -2.28. The van der Waals surface area contributed by atoms with Crippen molar-refractivity contribution in [2.24, 2.45) is 11.8 Å². The molecule has 2 aromatic carbocycles. The average Bonchev–Trinajstić information content (AvgIpc) is 3.40. The molecule has 2 aliphatic carbocycles. The summed E-state index contributed by atoms with van der Waals surface area (Å²) in [6, 6.07) is 15.6. The number of hydrogen-bond acceptors (Lipinski definition) is 2. The lowest BCUT2D eigenvalue weighted by Crippen LogP contribution is -2.15. The van der Waals surface area contributed by atoms with Gasteiger partial charge in [-0.2, -0.15) is 0 Å². The molecule has 0 saturated heterocycles. The van der Waals surface area contributed by atoms with Crippen molar-refractivity contribution in [3.05, 3.63) is 59.7 Å². The van der Waals surface area contributed by atoms with Crippen LogP contribution >= 0.6 is 0 Å². The van der Waals surface area contributed by atoms with Gasteiger partial charge in [0, 0.05) is 0 Å². The third kappa shape index (κ3) is 2.70. The Morgan fingerprint density at radius 2 is 0.909 bits per heavy atom. The van der Waals surface area contributed by atoms with Gasteiger partial charge in [0.1, 0.15) is 11.5 Å². The van der Waals surface area contributed by atoms with E-state index in [-0.39, 0.29) is 0 Å². The molecule has 2 saturated carbocycles. The first kappa shape index (κ1) is 13.7. The first-order valence-corrected chi connectivity index (χ1v) is 8.30. The van der Waals surface area contributed by atoms with E-state index in [4.69, 9.17) is 0 Å². The monoisotopic (exact) mass is 294 g/mol. The third-order valence-electron chi connectivity index (χ3n) is 5.20. The fourth-order valence-corrected chi connectivity index (χ4v) is 3.85. The standard InChI is InChI=1S/C20H22O2/c21-17-9-5-15(6-10-17)19(13-1-2-13)20(14-3-4-14)16-7-11-18(22)12-8-16/h5-14,19-22H,1-4H2/t19-,20-/m0/s1. The van der Waals surface area contributed by atoms with Crippen LogP contribution in [0, 0.1) is 11.8 Å². The Morgan fingerprint density at radius 1 is 0.591 bits per heavy atom. The maximum absolute atomic E-state index is 9.57. The highest BCUT2D eigenvalue weighted by Crippen LogP contribution is 2.57. The van der Waals surface area contributed by atoms with Crippen LogP contribution in [-0.2, 0) is 0 Å². The number of hydrogen-bond donors (Lipinski definition) is 2. The summed E-state index contributed by atoms with van der Waals surface area (Å²) in [6.07, 6.45) is 5.25. The summed E-state index contributed by atoms with van der Waals surface area (Å²) >= 11 is 0. The van der Waals surface area contributed by atoms with Crippen LogP contribution in [0.25, 0.3) is 0 Å². The Kier molecular flexibility index (Phi) is 3.33. The van der Waals surface area contributed by atoms with Gasteiger partial charge in [-0.25, -0.2) is 0 Å². The molecule has 2 atom stereocenters. The summed E-state index contributed by atoms with van der Waals surface area (Å²) in [5.74, 6) is 3.29. The van der Waals surface area contributed by atoms with Crippen molar-refractivity contribution in [1.29, 1.82) is 0 Å². The molecular weight excluding hydrogens is 272 g/mol. The summed E-state index contributed by atoms with van der Waals surface area (Å²) in [7, 11) is 0. The van der Waals surface area contributed by atoms with Crippen LogP contribution in [0.2, 0.25) is 0 Å². The Labute approximate surface area is 131 Å². The van der Waals surface area contributed by atoms with Gasteiger partial charge in [-0.1, -0.05) is 24.3 Å². The SMILES string of the molecule is Oc1ccc([C@H](C2CC2)[C@H](c2ccc(O)cc2)C2CC2)cc1. The van der Waals surface area contributed by atoms with E-state index in [1.54, 1.807) is 0 Å². The lowest BCUT2D eigenvalue weighted by molar-refractivity contribution is 0.440. The fraction of sp³-hybridized carbons (Fsp3) is 0.400. The molecule has 2 heteroatoms. The molecule has 4 rings (SSSR count). The summed E-state index contributed by atoms with van der Waals surface area (Å²) < 4.78 is 0. The second kappa shape index (κ2) is 5.35. The van der Waals surface area contributed by atoms with E-state index in [0.29, 0.717) is 23.3 Å². The molecule has 0 heterocycles. The van der Waals surface area contributed by atoms with Crippen LogP contribution in [0.3, 0.4) is 0 Å². The molecular formula is C20H22O2. The van der Waals surface area contributed by atoms with Crippen LogP contribution in [0.5, 0.6) is 11.5 Å². The van der Waals surface area contributed by atoms with E-state index in [9.17, 15) is 10.2 Å². The number of benzene rings is 2. The number of rotatable bonds is 5. The van der Waals surface area contributed by atoms with Gasteiger partial charge in [0.15, 0.2) is 0 Å². The zero-order valence-electron chi connectivity index (χ0n) is 12.7. The molecule has 2 aromatic rings. The highest BCUT2D eigenvalue weighted by molar-refractivity contribution is 5.37. The van der Waals surface area contributed by atoms with Crippen LogP contribution in [0.15, 0.2) is 48.5 Å². The minimum atomic E-state index is 0.339. The van der Waals surface area contributed by atoms with Crippen LogP contribution in [0.1, 0.15) is 48.6 Å². The van der Waals surface area contributed by atoms with Gasteiger partial charge in [-0.05, 0) is 84.7 Å². The number of phenolic OH excluding ortho intramolecular Hbond substituents is 2. The molecule has 2 aliphatic rings. The van der Waals surface area contributed by atoms with Gasteiger partial charge < -0.3 is 10.2 Å². The highest BCUT2D eigenvalue weighted by Gasteiger charge is 2.44. The molecule has 0 amide bonds. The van der Waals surface area contributed by atoms with Crippen LogP contribution in [0.4, 0.5) is 0 Å². The second-order valence-electron chi connectivity index (χ2n) is 6.91. The Bertz CT molecular complexity index is 577. The van der Waals surface area contributed by atoms with E-state index in [2.05, 4.69) is 24.3 Å². The molecule has 0 aromatic heterocycles. The zero-order valence-corrected chi connectivity index (χ0v) is 12.7. The average molecular weight is 294 g/mol. The van der Waals surface area contributed by atoms with Crippen molar-refractivity contribution in [1.82, 2.24) is 0 Å². The zero-order chi connectivity index (χ0) is 15.1. The quantitative estimate of drug-likeness (QED) is 0.832. The van der Waals surface area contributed by atoms with Gasteiger partial charge in [-0.15, -0.1) is 0 Å². The molecule has 2 N–H and O–H groups in total. The molecule has 0 spiro atoms. The molecule has 114 valence electrons. The first-order chi connectivity index (χ1) is 10.7. The maximum Gasteiger partial charge on any atom is 0.115 e. The molecule has 0 unspecified atom stereocenters. The van der Waals surface area contributed by atoms with Crippen molar-refractivity contribution < 1.29 is 10.2 Å². The number of phenols is 2. The minimum absolute atomic E-state index is 0.339. The van der Waals surface area contributed by atoms with Crippen molar-refractivity contribution in [2.45, 2.75) is 37.5 Å². The number of aromatic hydroxyl groups is 2. The van der Waals surface area contributed by atoms with E-state index < -0.39 is 0 Å². The van der Waals surface area contributed by atoms with Crippen LogP contribution < -0.4 is 0 Å². The van der Waals surface area contributed by atoms with Crippen molar-refractivity contribution in [2.75, 3.05) is 0 Å². The van der Waals surface area contributed by atoms with Gasteiger partial charge in [0.25, 0.3) is 0 Å². The Hall–Kier alpha value is -1.96. The summed E-state index contributed by atoms with van der Waals surface area (Å²) in [6.45, 7) is 0. The lowest BCUT2D eigenvalue weighted by atomic mass is 9.75. The smallest absolute Gasteiger partial charge is 0.115 e. The molecule has 0 radical (unpaired) electrons. The predicted octanol–water partition coefficient (Wildman–Crippen LogP) is 4.79. The van der Waals surface area contributed by atoms with Gasteiger partial charge in [0.2, 0.25) is 0 Å². The van der Waals surface area contributed by atoms with E-state index >= 15 is 0 Å². The largest absolute Gasteiger partial charge is 0.508 e. The molecule has 2 fully saturated rings.